The highest BCUT2D eigenvalue weighted by molar-refractivity contribution is 5.82. The van der Waals surface area contributed by atoms with E-state index >= 15 is 0 Å². The summed E-state index contributed by atoms with van der Waals surface area (Å²) in [5, 5.41) is 2.91. The lowest BCUT2D eigenvalue weighted by molar-refractivity contribution is -0.119. The molecule has 0 aromatic carbocycles. The molecule has 0 aliphatic carbocycles. The van der Waals surface area contributed by atoms with E-state index in [1.807, 2.05) is 12.2 Å². The fourth-order valence-corrected chi connectivity index (χ4v) is 1.13. The minimum Gasteiger partial charge on any atom is -0.321 e. The van der Waals surface area contributed by atoms with Gasteiger partial charge in [-0.05, 0) is 33.7 Å². The maximum Gasteiger partial charge on any atom is 0.146 e. The Morgan fingerprint density at radius 2 is 1.73 bits per heavy atom. The first-order valence-electron chi connectivity index (χ1n) is 5.07. The van der Waals surface area contributed by atoms with Gasteiger partial charge in [-0.25, -0.2) is 0 Å². The van der Waals surface area contributed by atoms with E-state index in [2.05, 4.69) is 5.32 Å². The van der Waals surface area contributed by atoms with Crippen LogP contribution in [-0.2, 0) is 9.59 Å². The van der Waals surface area contributed by atoms with Crippen LogP contribution in [0.2, 0.25) is 0 Å². The summed E-state index contributed by atoms with van der Waals surface area (Å²) in [5.41, 5.74) is 5.54. The highest BCUT2D eigenvalue weighted by atomic mass is 16.1. The number of Topliss-reactive ketones (excluding diaryl/α,β-unsaturated/α-hetero) is 2. The molecule has 0 aliphatic rings. The van der Waals surface area contributed by atoms with Crippen LogP contribution in [0.5, 0.6) is 0 Å². The van der Waals surface area contributed by atoms with Crippen LogP contribution in [0.25, 0.3) is 0 Å². The predicted octanol–water partition coefficient (Wildman–Crippen LogP) is 0.416. The van der Waals surface area contributed by atoms with Crippen molar-refractivity contribution in [3.8, 4) is 0 Å². The van der Waals surface area contributed by atoms with Gasteiger partial charge in [-0.2, -0.15) is 0 Å². The monoisotopic (exact) mass is 212 g/mol. The number of rotatable bonds is 7. The Hall–Kier alpha value is -1.00. The van der Waals surface area contributed by atoms with Crippen molar-refractivity contribution in [2.75, 3.05) is 7.05 Å². The van der Waals surface area contributed by atoms with Crippen LogP contribution >= 0.6 is 0 Å². The van der Waals surface area contributed by atoms with Gasteiger partial charge < -0.3 is 11.1 Å². The van der Waals surface area contributed by atoms with E-state index < -0.39 is 6.04 Å². The third-order valence-electron chi connectivity index (χ3n) is 2.29. The van der Waals surface area contributed by atoms with Gasteiger partial charge in [0.05, 0.1) is 12.1 Å². The van der Waals surface area contributed by atoms with Crippen molar-refractivity contribution in [1.82, 2.24) is 5.32 Å². The summed E-state index contributed by atoms with van der Waals surface area (Å²) >= 11 is 0. The number of hydrogen-bond acceptors (Lipinski definition) is 4. The van der Waals surface area contributed by atoms with Crippen molar-refractivity contribution in [2.24, 2.45) is 5.73 Å². The second-order valence-corrected chi connectivity index (χ2v) is 3.61. The highest BCUT2D eigenvalue weighted by Gasteiger charge is 2.09. The number of ketones is 2. The van der Waals surface area contributed by atoms with Gasteiger partial charge in [0, 0.05) is 0 Å². The van der Waals surface area contributed by atoms with E-state index in [1.54, 1.807) is 14.0 Å². The Morgan fingerprint density at radius 1 is 1.20 bits per heavy atom. The zero-order chi connectivity index (χ0) is 11.8. The number of nitrogens with one attached hydrogen (secondary N) is 1. The maximum absolute atomic E-state index is 11.0. The molecule has 0 saturated heterocycles. The number of hydrogen-bond donors (Lipinski definition) is 2. The number of likely N-dealkylation sites (N-methyl/N-ethyl adjacent to an activating group) is 1. The average Bonchev–Trinajstić information content (AvgIpc) is 2.16. The molecule has 0 radical (unpaired) electrons. The molecular weight excluding hydrogens is 192 g/mol. The van der Waals surface area contributed by atoms with E-state index in [1.165, 1.54) is 6.92 Å². The molecule has 0 bridgehead atoms. The molecule has 0 spiro atoms. The molecule has 4 heteroatoms. The Labute approximate surface area is 90.9 Å². The lowest BCUT2D eigenvalue weighted by atomic mass is 10.1. The van der Waals surface area contributed by atoms with E-state index in [9.17, 15) is 9.59 Å². The Kier molecular flexibility index (Phi) is 6.83. The van der Waals surface area contributed by atoms with Crippen LogP contribution in [0, 0.1) is 0 Å². The molecule has 0 aromatic heterocycles. The fourth-order valence-electron chi connectivity index (χ4n) is 1.13. The van der Waals surface area contributed by atoms with Crippen molar-refractivity contribution in [2.45, 2.75) is 38.8 Å². The van der Waals surface area contributed by atoms with Crippen LogP contribution < -0.4 is 11.1 Å². The second kappa shape index (κ2) is 7.31. The van der Waals surface area contributed by atoms with Crippen molar-refractivity contribution in [3.63, 3.8) is 0 Å². The molecule has 3 N–H and O–H groups in total. The van der Waals surface area contributed by atoms with Crippen LogP contribution in [0.4, 0.5) is 0 Å². The van der Waals surface area contributed by atoms with Gasteiger partial charge in [-0.1, -0.05) is 12.2 Å². The lowest BCUT2D eigenvalue weighted by Gasteiger charge is -2.09. The molecule has 15 heavy (non-hydrogen) atoms. The molecule has 86 valence electrons. The first-order valence-corrected chi connectivity index (χ1v) is 5.07. The molecule has 0 fully saturated rings. The summed E-state index contributed by atoms with van der Waals surface area (Å²) in [6.45, 7) is 3.03. The summed E-state index contributed by atoms with van der Waals surface area (Å²) in [6.07, 6.45) is 4.89. The van der Waals surface area contributed by atoms with E-state index in [0.29, 0.717) is 12.8 Å². The van der Waals surface area contributed by atoms with Crippen LogP contribution in [0.15, 0.2) is 12.2 Å². The van der Waals surface area contributed by atoms with Gasteiger partial charge in [0.25, 0.3) is 0 Å². The van der Waals surface area contributed by atoms with E-state index in [-0.39, 0.29) is 17.6 Å². The van der Waals surface area contributed by atoms with Crippen molar-refractivity contribution in [1.29, 1.82) is 0 Å². The average molecular weight is 212 g/mol. The Bertz CT molecular complexity index is 249. The molecule has 0 aromatic rings. The third-order valence-corrected chi connectivity index (χ3v) is 2.29. The molecule has 2 atom stereocenters. The van der Waals surface area contributed by atoms with Crippen molar-refractivity contribution in [3.05, 3.63) is 12.2 Å². The Morgan fingerprint density at radius 3 is 2.13 bits per heavy atom. The summed E-state index contributed by atoms with van der Waals surface area (Å²) in [4.78, 5) is 21.8. The minimum absolute atomic E-state index is 0.0172. The van der Waals surface area contributed by atoms with E-state index in [0.717, 1.165) is 0 Å². The Balaban J connectivity index is 3.88. The molecule has 0 aliphatic heterocycles. The zero-order valence-corrected chi connectivity index (χ0v) is 9.62. The SMILES string of the molecule is CN[C@@H](C/C=C/C[C@H](N)C(C)=O)C(C)=O. The van der Waals surface area contributed by atoms with Crippen molar-refractivity contribution >= 4 is 11.6 Å². The van der Waals surface area contributed by atoms with E-state index in [4.69, 9.17) is 5.73 Å². The number of nitrogens with two attached hydrogens (primary N) is 1. The summed E-state index contributed by atoms with van der Waals surface area (Å²) < 4.78 is 0. The quantitative estimate of drug-likeness (QED) is 0.600. The molecular formula is C11H20N2O2. The molecule has 0 saturated carbocycles. The maximum atomic E-state index is 11.0. The first-order chi connectivity index (χ1) is 6.99. The third kappa shape index (κ3) is 6.14. The summed E-state index contributed by atoms with van der Waals surface area (Å²) in [6, 6.07) is -0.568. The van der Waals surface area contributed by atoms with Gasteiger partial charge in [0.2, 0.25) is 0 Å². The first kappa shape index (κ1) is 14.0. The van der Waals surface area contributed by atoms with Gasteiger partial charge in [0.1, 0.15) is 11.6 Å². The van der Waals surface area contributed by atoms with Crippen LogP contribution in [0.3, 0.4) is 0 Å². The van der Waals surface area contributed by atoms with Gasteiger partial charge in [-0.15, -0.1) is 0 Å². The smallest absolute Gasteiger partial charge is 0.146 e. The molecule has 0 amide bonds. The van der Waals surface area contributed by atoms with Crippen LogP contribution in [0.1, 0.15) is 26.7 Å². The minimum atomic E-state index is -0.424. The molecule has 0 rings (SSSR count). The molecule has 4 nitrogen and oxygen atoms in total. The predicted molar refractivity (Wildman–Crippen MR) is 60.6 cm³/mol. The largest absolute Gasteiger partial charge is 0.321 e. The second-order valence-electron chi connectivity index (χ2n) is 3.61. The lowest BCUT2D eigenvalue weighted by Crippen LogP contribution is -2.31. The summed E-state index contributed by atoms with van der Waals surface area (Å²) in [5.74, 6) is 0.0920. The molecule has 0 heterocycles. The number of carbonyl (C=O) groups excluding carboxylic acids is 2. The van der Waals surface area contributed by atoms with Crippen molar-refractivity contribution < 1.29 is 9.59 Å². The fraction of sp³-hybridized carbons (Fsp3) is 0.636. The number of carbonyl (C=O) groups is 2. The van der Waals surface area contributed by atoms with Crippen LogP contribution in [-0.4, -0.2) is 30.7 Å². The molecule has 0 unspecified atom stereocenters. The standard InChI is InChI=1S/C11H20N2O2/c1-8(14)10(12)6-4-5-7-11(13-3)9(2)15/h4-5,10-11,13H,6-7,12H2,1-3H3/b5-4+/t10-,11-/m0/s1. The van der Waals surface area contributed by atoms with Gasteiger partial charge in [-0.3, -0.25) is 9.59 Å². The van der Waals surface area contributed by atoms with Gasteiger partial charge >= 0.3 is 0 Å². The highest BCUT2D eigenvalue weighted by Crippen LogP contribution is 1.98. The summed E-state index contributed by atoms with van der Waals surface area (Å²) in [7, 11) is 1.75. The topological polar surface area (TPSA) is 72.2 Å². The van der Waals surface area contributed by atoms with Gasteiger partial charge in [0.15, 0.2) is 0 Å². The zero-order valence-electron chi connectivity index (χ0n) is 9.62. The normalized spacial score (nSPS) is 15.2.